The smallest absolute Gasteiger partial charge is 0.265 e. The molecule has 0 bridgehead atoms. The van der Waals surface area contributed by atoms with E-state index in [0.717, 1.165) is 35.7 Å². The number of hydrogen-bond acceptors (Lipinski definition) is 4. The fraction of sp³-hybridized carbons (Fsp3) is 0.500. The monoisotopic (exact) mass is 294 g/mol. The Labute approximate surface area is 122 Å². The lowest BCUT2D eigenvalue weighted by molar-refractivity contribution is 0.0765. The maximum absolute atomic E-state index is 12.5. The van der Waals surface area contributed by atoms with Crippen LogP contribution in [0.5, 0.6) is 0 Å². The summed E-state index contributed by atoms with van der Waals surface area (Å²) in [6.45, 7) is 4.18. The highest BCUT2D eigenvalue weighted by atomic mass is 32.2. The summed E-state index contributed by atoms with van der Waals surface area (Å²) < 4.78 is 0. The third kappa shape index (κ3) is 3.53. The van der Waals surface area contributed by atoms with Gasteiger partial charge in [0.1, 0.15) is 4.88 Å². The van der Waals surface area contributed by atoms with Crippen LogP contribution in [-0.4, -0.2) is 41.4 Å². The van der Waals surface area contributed by atoms with Gasteiger partial charge in [0, 0.05) is 29.7 Å². The Balaban J connectivity index is 2.13. The molecule has 1 aromatic heterocycles. The lowest BCUT2D eigenvalue weighted by atomic mass is 10.2. The van der Waals surface area contributed by atoms with E-state index in [4.69, 9.17) is 5.73 Å². The van der Waals surface area contributed by atoms with E-state index >= 15 is 0 Å². The highest BCUT2D eigenvalue weighted by Crippen LogP contribution is 2.25. The lowest BCUT2D eigenvalue weighted by Gasteiger charge is -2.31. The van der Waals surface area contributed by atoms with E-state index in [2.05, 4.69) is 18.8 Å². The predicted molar refractivity (Wildman–Crippen MR) is 82.7 cm³/mol. The number of hydrogen-bond donors (Lipinski definition) is 1. The third-order valence-electron chi connectivity index (χ3n) is 3.07. The Bertz CT molecular complexity index is 501. The van der Waals surface area contributed by atoms with Crippen molar-refractivity contribution in [2.24, 2.45) is 5.73 Å². The molecule has 102 valence electrons. The Morgan fingerprint density at radius 2 is 2.47 bits per heavy atom. The van der Waals surface area contributed by atoms with Crippen LogP contribution in [0, 0.1) is 11.8 Å². The molecule has 1 aliphatic heterocycles. The topological polar surface area (TPSA) is 46.3 Å². The number of nitrogens with zero attached hydrogens (tertiary/aromatic N) is 1. The molecule has 0 aromatic carbocycles. The molecular formula is C14H18N2OS2. The van der Waals surface area contributed by atoms with Crippen molar-refractivity contribution >= 4 is 29.0 Å². The molecule has 1 fully saturated rings. The van der Waals surface area contributed by atoms with Crippen LogP contribution in [0.25, 0.3) is 0 Å². The average molecular weight is 294 g/mol. The summed E-state index contributed by atoms with van der Waals surface area (Å²) in [5, 5.41) is 2.49. The normalized spacial score (nSPS) is 18.8. The first-order valence-electron chi connectivity index (χ1n) is 6.43. The van der Waals surface area contributed by atoms with Crippen molar-refractivity contribution in [3.63, 3.8) is 0 Å². The van der Waals surface area contributed by atoms with E-state index in [0.29, 0.717) is 11.8 Å². The predicted octanol–water partition coefficient (Wildman–Crippen LogP) is 2.03. The first-order valence-corrected chi connectivity index (χ1v) is 8.36. The lowest BCUT2D eigenvalue weighted by Crippen LogP contribution is -2.41. The van der Waals surface area contributed by atoms with Crippen molar-refractivity contribution in [3.8, 4) is 11.8 Å². The molecule has 1 saturated heterocycles. The number of carbonyl (C=O) groups is 1. The van der Waals surface area contributed by atoms with E-state index < -0.39 is 0 Å². The summed E-state index contributed by atoms with van der Waals surface area (Å²) in [6.07, 6.45) is 1.11. The largest absolute Gasteiger partial charge is 0.336 e. The molecule has 2 heterocycles. The maximum atomic E-state index is 12.5. The van der Waals surface area contributed by atoms with Crippen molar-refractivity contribution in [1.82, 2.24) is 4.90 Å². The SMILES string of the molecule is CCC1CN(C(=O)c2sccc2C#CCN)CCS1. The van der Waals surface area contributed by atoms with Crippen LogP contribution in [0.15, 0.2) is 11.4 Å². The van der Waals surface area contributed by atoms with Gasteiger partial charge in [0.05, 0.1) is 6.54 Å². The zero-order valence-corrected chi connectivity index (χ0v) is 12.6. The number of rotatable bonds is 2. The molecule has 0 saturated carbocycles. The van der Waals surface area contributed by atoms with Gasteiger partial charge < -0.3 is 10.6 Å². The molecule has 1 amide bonds. The Morgan fingerprint density at radius 1 is 1.63 bits per heavy atom. The number of thiophene rings is 1. The van der Waals surface area contributed by atoms with Gasteiger partial charge in [-0.1, -0.05) is 18.8 Å². The molecule has 2 N–H and O–H groups in total. The Morgan fingerprint density at radius 3 is 3.21 bits per heavy atom. The molecule has 1 atom stereocenters. The number of amides is 1. The summed E-state index contributed by atoms with van der Waals surface area (Å²) in [6, 6.07) is 1.90. The number of thioether (sulfide) groups is 1. The van der Waals surface area contributed by atoms with E-state index in [1.54, 1.807) is 0 Å². The van der Waals surface area contributed by atoms with Crippen molar-refractivity contribution in [2.75, 3.05) is 25.4 Å². The summed E-state index contributed by atoms with van der Waals surface area (Å²) in [5.41, 5.74) is 6.19. The Kier molecular flexibility index (Phi) is 5.32. The van der Waals surface area contributed by atoms with E-state index in [9.17, 15) is 4.79 Å². The minimum atomic E-state index is 0.120. The molecule has 1 aromatic rings. The number of carbonyl (C=O) groups excluding carboxylic acids is 1. The summed E-state index contributed by atoms with van der Waals surface area (Å²) >= 11 is 3.43. The molecule has 3 nitrogen and oxygen atoms in total. The molecule has 1 aliphatic rings. The molecule has 0 aliphatic carbocycles. The van der Waals surface area contributed by atoms with Gasteiger partial charge in [-0.3, -0.25) is 4.79 Å². The first kappa shape index (κ1) is 14.4. The molecule has 1 unspecified atom stereocenters. The summed E-state index contributed by atoms with van der Waals surface area (Å²) in [5.74, 6) is 6.95. The highest BCUT2D eigenvalue weighted by molar-refractivity contribution is 8.00. The minimum Gasteiger partial charge on any atom is -0.336 e. The van der Waals surface area contributed by atoms with Crippen LogP contribution in [0.4, 0.5) is 0 Å². The van der Waals surface area contributed by atoms with Crippen LogP contribution < -0.4 is 5.73 Å². The minimum absolute atomic E-state index is 0.120. The fourth-order valence-electron chi connectivity index (χ4n) is 2.01. The second kappa shape index (κ2) is 6.99. The third-order valence-corrected chi connectivity index (χ3v) is 5.34. The van der Waals surface area contributed by atoms with Crippen LogP contribution in [0.3, 0.4) is 0 Å². The van der Waals surface area contributed by atoms with Gasteiger partial charge in [0.25, 0.3) is 5.91 Å². The van der Waals surface area contributed by atoms with Crippen LogP contribution in [0.2, 0.25) is 0 Å². The van der Waals surface area contributed by atoms with Gasteiger partial charge in [-0.15, -0.1) is 11.3 Å². The highest BCUT2D eigenvalue weighted by Gasteiger charge is 2.25. The van der Waals surface area contributed by atoms with Crippen molar-refractivity contribution in [2.45, 2.75) is 18.6 Å². The molecular weight excluding hydrogens is 276 g/mol. The summed E-state index contributed by atoms with van der Waals surface area (Å²) in [7, 11) is 0. The maximum Gasteiger partial charge on any atom is 0.265 e. The second-order valence-electron chi connectivity index (χ2n) is 4.32. The zero-order valence-electron chi connectivity index (χ0n) is 11.0. The van der Waals surface area contributed by atoms with Gasteiger partial charge in [0.2, 0.25) is 0 Å². The van der Waals surface area contributed by atoms with Gasteiger partial charge in [0.15, 0.2) is 0 Å². The molecule has 5 heteroatoms. The van der Waals surface area contributed by atoms with Gasteiger partial charge in [-0.05, 0) is 17.9 Å². The van der Waals surface area contributed by atoms with Crippen molar-refractivity contribution in [3.05, 3.63) is 21.9 Å². The molecule has 2 rings (SSSR count). The van der Waals surface area contributed by atoms with Crippen LogP contribution in [-0.2, 0) is 0 Å². The average Bonchev–Trinajstić information content (AvgIpc) is 2.92. The van der Waals surface area contributed by atoms with Gasteiger partial charge >= 0.3 is 0 Å². The van der Waals surface area contributed by atoms with E-state index in [-0.39, 0.29) is 5.91 Å². The molecule has 0 spiro atoms. The van der Waals surface area contributed by atoms with Gasteiger partial charge in [-0.25, -0.2) is 0 Å². The van der Waals surface area contributed by atoms with E-state index in [1.165, 1.54) is 11.3 Å². The molecule has 19 heavy (non-hydrogen) atoms. The second-order valence-corrected chi connectivity index (χ2v) is 6.65. The Hall–Kier alpha value is -0.960. The number of nitrogens with two attached hydrogens (primary N) is 1. The van der Waals surface area contributed by atoms with E-state index in [1.807, 2.05) is 28.1 Å². The van der Waals surface area contributed by atoms with Crippen molar-refractivity contribution < 1.29 is 4.79 Å². The van der Waals surface area contributed by atoms with Crippen LogP contribution in [0.1, 0.15) is 28.6 Å². The van der Waals surface area contributed by atoms with Crippen LogP contribution >= 0.6 is 23.1 Å². The first-order chi connectivity index (χ1) is 9.26. The summed E-state index contributed by atoms with van der Waals surface area (Å²) in [4.78, 5) is 15.2. The zero-order chi connectivity index (χ0) is 13.7. The quantitative estimate of drug-likeness (QED) is 0.849. The van der Waals surface area contributed by atoms with Gasteiger partial charge in [-0.2, -0.15) is 11.8 Å². The standard InChI is InChI=1S/C14H18N2OS2/c1-2-12-10-16(7-9-18-12)14(17)13-11(4-3-6-15)5-8-19-13/h5,8,12H,2,6-7,9-10,15H2,1H3. The molecule has 0 radical (unpaired) electrons. The van der Waals surface area contributed by atoms with Crippen molar-refractivity contribution in [1.29, 1.82) is 0 Å². The fourth-order valence-corrected chi connectivity index (χ4v) is 4.01.